The van der Waals surface area contributed by atoms with E-state index in [0.29, 0.717) is 32.1 Å². The van der Waals surface area contributed by atoms with Crippen molar-refractivity contribution in [1.29, 1.82) is 0 Å². The van der Waals surface area contributed by atoms with Crippen LogP contribution in [0.5, 0.6) is 0 Å². The van der Waals surface area contributed by atoms with Gasteiger partial charge in [0.25, 0.3) is 0 Å². The molecular formula is C17H21N3O4S. The third-order valence-corrected chi connectivity index (χ3v) is 5.23. The molecule has 0 aromatic heterocycles. The van der Waals surface area contributed by atoms with Crippen molar-refractivity contribution in [1.82, 2.24) is 10.2 Å². The topological polar surface area (TPSA) is 79.0 Å². The Kier molecular flexibility index (Phi) is 5.60. The number of hydrogen-bond donors (Lipinski definition) is 1. The maximum atomic E-state index is 12.4. The smallest absolute Gasteiger partial charge is 0.245 e. The van der Waals surface area contributed by atoms with Crippen LogP contribution in [0.1, 0.15) is 6.92 Å². The van der Waals surface area contributed by atoms with Crippen molar-refractivity contribution in [2.75, 3.05) is 43.5 Å². The monoisotopic (exact) mass is 363 g/mol. The van der Waals surface area contributed by atoms with E-state index < -0.39 is 6.04 Å². The summed E-state index contributed by atoms with van der Waals surface area (Å²) in [5, 5.41) is 2.70. The normalized spacial score (nSPS) is 18.5. The van der Waals surface area contributed by atoms with Gasteiger partial charge in [-0.2, -0.15) is 0 Å². The summed E-state index contributed by atoms with van der Waals surface area (Å²) in [6, 6.07) is 6.88. The lowest BCUT2D eigenvalue weighted by Gasteiger charge is -2.31. The second kappa shape index (κ2) is 7.88. The highest BCUT2D eigenvalue weighted by atomic mass is 32.2. The van der Waals surface area contributed by atoms with Crippen LogP contribution in [-0.4, -0.2) is 67.3 Å². The van der Waals surface area contributed by atoms with Crippen LogP contribution in [0.2, 0.25) is 0 Å². The highest BCUT2D eigenvalue weighted by Gasteiger charge is 2.28. The van der Waals surface area contributed by atoms with E-state index in [4.69, 9.17) is 4.74 Å². The lowest BCUT2D eigenvalue weighted by molar-refractivity contribution is -0.139. The number of hydrogen-bond acceptors (Lipinski definition) is 5. The molecule has 2 aliphatic heterocycles. The Balaban J connectivity index is 1.60. The molecular weight excluding hydrogens is 342 g/mol. The Labute approximate surface area is 150 Å². The molecule has 0 spiro atoms. The summed E-state index contributed by atoms with van der Waals surface area (Å²) in [7, 11) is 0. The van der Waals surface area contributed by atoms with E-state index >= 15 is 0 Å². The first kappa shape index (κ1) is 17.8. The van der Waals surface area contributed by atoms with Crippen LogP contribution in [0.4, 0.5) is 5.69 Å². The van der Waals surface area contributed by atoms with Gasteiger partial charge >= 0.3 is 0 Å². The molecule has 25 heavy (non-hydrogen) atoms. The van der Waals surface area contributed by atoms with Crippen LogP contribution in [0.3, 0.4) is 0 Å². The van der Waals surface area contributed by atoms with Gasteiger partial charge in [-0.3, -0.25) is 14.4 Å². The number of benzene rings is 1. The molecule has 1 saturated heterocycles. The number of carbonyl (C=O) groups is 3. The Hall–Kier alpha value is -2.06. The summed E-state index contributed by atoms with van der Waals surface area (Å²) in [5.74, 6) is -0.264. The number of fused-ring (bicyclic) bond motifs is 1. The van der Waals surface area contributed by atoms with Crippen LogP contribution in [0.15, 0.2) is 29.2 Å². The summed E-state index contributed by atoms with van der Waals surface area (Å²) in [4.78, 5) is 41.1. The number of morpholine rings is 1. The number of nitrogens with zero attached hydrogens (tertiary/aromatic N) is 2. The molecule has 2 aliphatic rings. The standard InChI is InChI=1S/C17H21N3O4S/c1-12(17(23)19-6-8-24-9-7-19)18-15(21)10-20-13-4-2-3-5-14(13)25-11-16(20)22/h2-5,12H,6-11H2,1H3,(H,18,21)/t12-/m0/s1. The molecule has 1 aromatic rings. The molecule has 0 aliphatic carbocycles. The first-order chi connectivity index (χ1) is 12.1. The second-order valence-corrected chi connectivity index (χ2v) is 6.98. The zero-order chi connectivity index (χ0) is 17.8. The molecule has 134 valence electrons. The van der Waals surface area contributed by atoms with Gasteiger partial charge in [0.15, 0.2) is 0 Å². The molecule has 0 saturated carbocycles. The molecule has 0 radical (unpaired) electrons. The predicted molar refractivity (Wildman–Crippen MR) is 94.5 cm³/mol. The van der Waals surface area contributed by atoms with E-state index in [2.05, 4.69) is 5.32 Å². The van der Waals surface area contributed by atoms with Gasteiger partial charge in [0.2, 0.25) is 17.7 Å². The van der Waals surface area contributed by atoms with Gasteiger partial charge in [-0.1, -0.05) is 12.1 Å². The van der Waals surface area contributed by atoms with Crippen molar-refractivity contribution in [3.8, 4) is 0 Å². The first-order valence-corrected chi connectivity index (χ1v) is 9.23. The molecule has 8 heteroatoms. The molecule has 7 nitrogen and oxygen atoms in total. The van der Waals surface area contributed by atoms with Gasteiger partial charge < -0.3 is 19.9 Å². The fourth-order valence-electron chi connectivity index (χ4n) is 2.88. The molecule has 1 N–H and O–H groups in total. The van der Waals surface area contributed by atoms with Gasteiger partial charge in [-0.25, -0.2) is 0 Å². The summed E-state index contributed by atoms with van der Waals surface area (Å²) < 4.78 is 5.23. The quantitative estimate of drug-likeness (QED) is 0.842. The number of nitrogens with one attached hydrogen (secondary N) is 1. The fourth-order valence-corrected chi connectivity index (χ4v) is 3.81. The second-order valence-electron chi connectivity index (χ2n) is 5.96. The third-order valence-electron chi connectivity index (χ3n) is 4.18. The molecule has 3 amide bonds. The summed E-state index contributed by atoms with van der Waals surface area (Å²) in [6.07, 6.45) is 0. The fraction of sp³-hybridized carbons (Fsp3) is 0.471. The summed E-state index contributed by atoms with van der Waals surface area (Å²) >= 11 is 1.47. The zero-order valence-electron chi connectivity index (χ0n) is 14.1. The van der Waals surface area contributed by atoms with Crippen molar-refractivity contribution in [2.24, 2.45) is 0 Å². The Morgan fingerprint density at radius 1 is 1.28 bits per heavy atom. The molecule has 0 bridgehead atoms. The Morgan fingerprint density at radius 2 is 2.00 bits per heavy atom. The minimum absolute atomic E-state index is 0.0862. The van der Waals surface area contributed by atoms with Crippen LogP contribution in [0.25, 0.3) is 0 Å². The van der Waals surface area contributed by atoms with Crippen LogP contribution >= 0.6 is 11.8 Å². The Morgan fingerprint density at radius 3 is 2.76 bits per heavy atom. The van der Waals surface area contributed by atoms with Crippen molar-refractivity contribution in [3.63, 3.8) is 0 Å². The number of thioether (sulfide) groups is 1. The van der Waals surface area contributed by atoms with Crippen molar-refractivity contribution in [3.05, 3.63) is 24.3 Å². The lowest BCUT2D eigenvalue weighted by atomic mass is 10.2. The van der Waals surface area contributed by atoms with Crippen molar-refractivity contribution in [2.45, 2.75) is 17.9 Å². The van der Waals surface area contributed by atoms with Gasteiger partial charge in [0.05, 0.1) is 24.7 Å². The zero-order valence-corrected chi connectivity index (χ0v) is 14.9. The van der Waals surface area contributed by atoms with Gasteiger partial charge in [-0.15, -0.1) is 11.8 Å². The minimum atomic E-state index is -0.630. The summed E-state index contributed by atoms with van der Waals surface area (Å²) in [5.41, 5.74) is 0.742. The molecule has 1 fully saturated rings. The number of anilines is 1. The number of amides is 3. The number of para-hydroxylation sites is 1. The SMILES string of the molecule is C[C@H](NC(=O)CN1C(=O)CSc2ccccc21)C(=O)N1CCOCC1. The Bertz CT molecular complexity index is 676. The largest absolute Gasteiger partial charge is 0.378 e. The maximum Gasteiger partial charge on any atom is 0.245 e. The van der Waals surface area contributed by atoms with Gasteiger partial charge in [0.1, 0.15) is 12.6 Å². The summed E-state index contributed by atoms with van der Waals surface area (Å²) in [6.45, 7) is 3.68. The highest BCUT2D eigenvalue weighted by Crippen LogP contribution is 2.34. The van der Waals surface area contributed by atoms with Gasteiger partial charge in [-0.05, 0) is 19.1 Å². The van der Waals surface area contributed by atoms with E-state index in [1.807, 2.05) is 24.3 Å². The van der Waals surface area contributed by atoms with Crippen LogP contribution < -0.4 is 10.2 Å². The number of carbonyl (C=O) groups excluding carboxylic acids is 3. The van der Waals surface area contributed by atoms with E-state index in [1.54, 1.807) is 11.8 Å². The molecule has 1 aromatic carbocycles. The molecule has 3 rings (SSSR count). The number of rotatable bonds is 4. The average Bonchev–Trinajstić information content (AvgIpc) is 2.64. The lowest BCUT2D eigenvalue weighted by Crippen LogP contribution is -2.52. The van der Waals surface area contributed by atoms with E-state index in [1.165, 1.54) is 16.7 Å². The first-order valence-electron chi connectivity index (χ1n) is 8.24. The molecule has 1 atom stereocenters. The molecule has 2 heterocycles. The van der Waals surface area contributed by atoms with Crippen LogP contribution in [0, 0.1) is 0 Å². The van der Waals surface area contributed by atoms with E-state index in [0.717, 1.165) is 10.6 Å². The third kappa shape index (κ3) is 4.13. The van der Waals surface area contributed by atoms with E-state index in [-0.39, 0.29) is 24.3 Å². The van der Waals surface area contributed by atoms with Crippen molar-refractivity contribution >= 4 is 35.2 Å². The number of ether oxygens (including phenoxy) is 1. The minimum Gasteiger partial charge on any atom is -0.378 e. The predicted octanol–water partition coefficient (Wildman–Crippen LogP) is 0.489. The van der Waals surface area contributed by atoms with Crippen LogP contribution in [-0.2, 0) is 19.1 Å². The maximum absolute atomic E-state index is 12.4. The molecule has 0 unspecified atom stereocenters. The highest BCUT2D eigenvalue weighted by molar-refractivity contribution is 8.00. The van der Waals surface area contributed by atoms with Crippen molar-refractivity contribution < 1.29 is 19.1 Å². The van der Waals surface area contributed by atoms with Gasteiger partial charge in [0, 0.05) is 18.0 Å². The van der Waals surface area contributed by atoms with E-state index in [9.17, 15) is 14.4 Å². The average molecular weight is 363 g/mol.